The number of fused-ring (bicyclic) bond motifs is 1. The first-order valence-electron chi connectivity index (χ1n) is 12.1. The van der Waals surface area contributed by atoms with Gasteiger partial charge in [-0.25, -0.2) is 0 Å². The monoisotopic (exact) mass is 450 g/mol. The van der Waals surface area contributed by atoms with Gasteiger partial charge in [0.1, 0.15) is 6.04 Å². The fourth-order valence-electron chi connectivity index (χ4n) is 5.98. The first kappa shape index (κ1) is 23.1. The molecule has 7 heteroatoms. The van der Waals surface area contributed by atoms with E-state index in [1.807, 2.05) is 4.90 Å². The topological polar surface area (TPSA) is 40.6 Å². The zero-order valence-electron chi connectivity index (χ0n) is 18.5. The van der Waals surface area contributed by atoms with Crippen LogP contribution < -0.4 is 0 Å². The highest BCUT2D eigenvalue weighted by atomic mass is 19.4. The van der Waals surface area contributed by atoms with Crippen LogP contribution in [0.2, 0.25) is 0 Å². The molecule has 2 aliphatic heterocycles. The van der Waals surface area contributed by atoms with Gasteiger partial charge < -0.3 is 9.80 Å². The number of alkyl halides is 3. The molecule has 0 radical (unpaired) electrons. The molecule has 2 amide bonds. The average molecular weight is 451 g/mol. The zero-order valence-corrected chi connectivity index (χ0v) is 18.5. The van der Waals surface area contributed by atoms with Crippen LogP contribution in [-0.4, -0.2) is 53.0 Å². The van der Waals surface area contributed by atoms with Gasteiger partial charge in [-0.1, -0.05) is 43.2 Å². The quantitative estimate of drug-likeness (QED) is 0.591. The summed E-state index contributed by atoms with van der Waals surface area (Å²) in [6, 6.07) is 7.56. The van der Waals surface area contributed by atoms with E-state index < -0.39 is 18.1 Å². The minimum Gasteiger partial charge on any atom is -0.341 e. The Labute approximate surface area is 188 Å². The lowest BCUT2D eigenvalue weighted by Gasteiger charge is -2.35. The average Bonchev–Trinajstić information content (AvgIpc) is 3.44. The van der Waals surface area contributed by atoms with E-state index in [9.17, 15) is 22.8 Å². The molecule has 4 nitrogen and oxygen atoms in total. The molecule has 32 heavy (non-hydrogen) atoms. The van der Waals surface area contributed by atoms with Crippen LogP contribution in [-0.2, 0) is 9.59 Å². The van der Waals surface area contributed by atoms with Crippen molar-refractivity contribution >= 4 is 11.8 Å². The summed E-state index contributed by atoms with van der Waals surface area (Å²) in [5.41, 5.74) is 0.239. The highest BCUT2D eigenvalue weighted by Crippen LogP contribution is 2.42. The van der Waals surface area contributed by atoms with Gasteiger partial charge in [-0.05, 0) is 56.4 Å². The van der Waals surface area contributed by atoms with Crippen molar-refractivity contribution in [3.05, 3.63) is 35.9 Å². The molecule has 0 spiro atoms. The van der Waals surface area contributed by atoms with Crippen molar-refractivity contribution in [2.24, 2.45) is 5.92 Å². The molecule has 0 bridgehead atoms. The van der Waals surface area contributed by atoms with Gasteiger partial charge in [0.05, 0.1) is 5.92 Å². The summed E-state index contributed by atoms with van der Waals surface area (Å²) in [5, 5.41) is 0. The van der Waals surface area contributed by atoms with Crippen molar-refractivity contribution in [3.63, 3.8) is 0 Å². The molecule has 176 valence electrons. The molecule has 1 aliphatic carbocycles. The van der Waals surface area contributed by atoms with Crippen molar-refractivity contribution in [1.82, 2.24) is 9.80 Å². The van der Waals surface area contributed by atoms with E-state index in [-0.39, 0.29) is 42.7 Å². The van der Waals surface area contributed by atoms with Gasteiger partial charge in [-0.3, -0.25) is 9.59 Å². The van der Waals surface area contributed by atoms with Gasteiger partial charge in [0.15, 0.2) is 0 Å². The van der Waals surface area contributed by atoms with E-state index >= 15 is 0 Å². The molecule has 0 N–H and O–H groups in total. The third kappa shape index (κ3) is 4.96. The Kier molecular flexibility index (Phi) is 7.11. The number of hydrogen-bond donors (Lipinski definition) is 0. The number of carbonyl (C=O) groups is 2. The second-order valence-corrected chi connectivity index (χ2v) is 9.59. The molecule has 3 fully saturated rings. The van der Waals surface area contributed by atoms with Gasteiger partial charge in [0, 0.05) is 25.6 Å². The number of hydrogen-bond acceptors (Lipinski definition) is 2. The van der Waals surface area contributed by atoms with E-state index in [0.717, 1.165) is 51.6 Å². The summed E-state index contributed by atoms with van der Waals surface area (Å²) in [5.74, 6) is -1.33. The highest BCUT2D eigenvalue weighted by Gasteiger charge is 2.48. The molecule has 1 saturated carbocycles. The van der Waals surface area contributed by atoms with Crippen LogP contribution in [0.5, 0.6) is 0 Å². The summed E-state index contributed by atoms with van der Waals surface area (Å²) in [4.78, 5) is 30.1. The van der Waals surface area contributed by atoms with Crippen LogP contribution in [0.3, 0.4) is 0 Å². The number of halogens is 3. The summed E-state index contributed by atoms with van der Waals surface area (Å²) in [6.07, 6.45) is 2.56. The van der Waals surface area contributed by atoms with Crippen LogP contribution in [0.15, 0.2) is 30.3 Å². The van der Waals surface area contributed by atoms with Gasteiger partial charge in [0.25, 0.3) is 0 Å². The predicted molar refractivity (Wildman–Crippen MR) is 116 cm³/mol. The molecule has 1 aromatic carbocycles. The lowest BCUT2D eigenvalue weighted by atomic mass is 9.84. The van der Waals surface area contributed by atoms with Crippen LogP contribution in [0.4, 0.5) is 13.2 Å². The third-order valence-corrected chi connectivity index (χ3v) is 7.56. The fourth-order valence-corrected chi connectivity index (χ4v) is 5.98. The minimum absolute atomic E-state index is 0.0442. The lowest BCUT2D eigenvalue weighted by molar-refractivity contribution is -0.153. The van der Waals surface area contributed by atoms with Crippen LogP contribution >= 0.6 is 0 Å². The minimum atomic E-state index is -4.35. The number of carbonyl (C=O) groups excluding carboxylic acids is 2. The summed E-state index contributed by atoms with van der Waals surface area (Å²) in [6.45, 7) is 1.49. The first-order valence-corrected chi connectivity index (χ1v) is 12.1. The van der Waals surface area contributed by atoms with Crippen LogP contribution in [0, 0.1) is 5.92 Å². The predicted octanol–water partition coefficient (Wildman–Crippen LogP) is 5.28. The van der Waals surface area contributed by atoms with E-state index in [4.69, 9.17) is 0 Å². The first-order chi connectivity index (χ1) is 15.4. The number of rotatable bonds is 6. The molecular formula is C25H33F3N2O2. The zero-order chi connectivity index (χ0) is 22.7. The van der Waals surface area contributed by atoms with Crippen molar-refractivity contribution in [3.8, 4) is 0 Å². The van der Waals surface area contributed by atoms with E-state index in [1.54, 1.807) is 23.1 Å². The molecule has 2 saturated heterocycles. The molecule has 2 heterocycles. The number of likely N-dealkylation sites (tertiary alicyclic amines) is 2. The van der Waals surface area contributed by atoms with E-state index in [1.165, 1.54) is 12.1 Å². The van der Waals surface area contributed by atoms with Gasteiger partial charge in [-0.15, -0.1) is 0 Å². The summed E-state index contributed by atoms with van der Waals surface area (Å²) in [7, 11) is 0. The van der Waals surface area contributed by atoms with Crippen molar-refractivity contribution < 1.29 is 22.8 Å². The van der Waals surface area contributed by atoms with Gasteiger partial charge in [-0.2, -0.15) is 13.2 Å². The van der Waals surface area contributed by atoms with Crippen LogP contribution in [0.25, 0.3) is 0 Å². The normalized spacial score (nSPS) is 26.8. The number of nitrogens with zero attached hydrogens (tertiary/aromatic N) is 2. The van der Waals surface area contributed by atoms with Crippen molar-refractivity contribution in [2.45, 2.75) is 88.4 Å². The Morgan fingerprint density at radius 1 is 1.00 bits per heavy atom. The number of amides is 2. The third-order valence-electron chi connectivity index (χ3n) is 7.56. The highest BCUT2D eigenvalue weighted by molar-refractivity contribution is 5.89. The van der Waals surface area contributed by atoms with Crippen molar-refractivity contribution in [1.29, 1.82) is 0 Å². The second-order valence-electron chi connectivity index (χ2n) is 9.59. The fraction of sp³-hybridized carbons (Fsp3) is 0.680. The lowest BCUT2D eigenvalue weighted by Crippen LogP contribution is -2.50. The molecule has 4 rings (SSSR count). The maximum absolute atomic E-state index is 13.6. The number of benzene rings is 1. The molecular weight excluding hydrogens is 417 g/mol. The van der Waals surface area contributed by atoms with E-state index in [2.05, 4.69) is 0 Å². The molecule has 4 atom stereocenters. The Bertz CT molecular complexity index is 792. The second kappa shape index (κ2) is 9.84. The van der Waals surface area contributed by atoms with Gasteiger partial charge in [0.2, 0.25) is 11.8 Å². The van der Waals surface area contributed by atoms with E-state index in [0.29, 0.717) is 12.3 Å². The largest absolute Gasteiger partial charge is 0.395 e. The molecule has 1 aromatic rings. The maximum atomic E-state index is 13.6. The van der Waals surface area contributed by atoms with Gasteiger partial charge >= 0.3 is 6.18 Å². The SMILES string of the molecule is O=C(C1CC2CCCC[C@@H]2N1C(=O)CCCC(c1ccccc1)C(F)(F)F)N1CCCC1. The Hall–Kier alpha value is -2.05. The van der Waals surface area contributed by atoms with Crippen molar-refractivity contribution in [2.75, 3.05) is 13.1 Å². The summed E-state index contributed by atoms with van der Waals surface area (Å²) < 4.78 is 40.9. The smallest absolute Gasteiger partial charge is 0.341 e. The Morgan fingerprint density at radius 3 is 2.38 bits per heavy atom. The summed E-state index contributed by atoms with van der Waals surface area (Å²) >= 11 is 0. The molecule has 3 aliphatic rings. The molecule has 0 aromatic heterocycles. The maximum Gasteiger partial charge on any atom is 0.395 e. The Balaban J connectivity index is 1.43. The van der Waals surface area contributed by atoms with Crippen LogP contribution in [0.1, 0.15) is 75.7 Å². The molecule has 3 unspecified atom stereocenters. The standard InChI is InChI=1S/C25H33F3N2O2/c26-25(27,28)20(18-9-2-1-3-10-18)12-8-14-23(31)30-21-13-5-4-11-19(21)17-22(30)24(32)29-15-6-7-16-29/h1-3,9-10,19-22H,4-8,11-17H2/t19?,20?,21-,22?/m0/s1. The Morgan fingerprint density at radius 2 is 1.69 bits per heavy atom.